The molecule has 1 fully saturated rings. The summed E-state index contributed by atoms with van der Waals surface area (Å²) in [5, 5.41) is 0. The summed E-state index contributed by atoms with van der Waals surface area (Å²) in [6, 6.07) is 11.4. The van der Waals surface area contributed by atoms with Crippen LogP contribution >= 0.6 is 0 Å². The Balaban J connectivity index is 1.76. The number of alkyl halides is 3. The Morgan fingerprint density at radius 3 is 2.43 bits per heavy atom. The molecule has 0 bridgehead atoms. The second kappa shape index (κ2) is 7.95. The highest BCUT2D eigenvalue weighted by atomic mass is 19.4. The number of rotatable bonds is 3. The molecule has 0 unspecified atom stereocenters. The molecule has 1 aromatic heterocycles. The van der Waals surface area contributed by atoms with Crippen LogP contribution in [0.1, 0.15) is 11.1 Å². The maximum atomic E-state index is 13.4. The molecule has 0 N–H and O–H groups in total. The highest BCUT2D eigenvalue weighted by Gasteiger charge is 2.32. The zero-order valence-corrected chi connectivity index (χ0v) is 16.4. The number of imidazole rings is 1. The van der Waals surface area contributed by atoms with Gasteiger partial charge in [-0.25, -0.2) is 4.98 Å². The third-order valence-electron chi connectivity index (χ3n) is 5.25. The van der Waals surface area contributed by atoms with Gasteiger partial charge >= 0.3 is 6.18 Å². The number of hydrogen-bond acceptors (Lipinski definition) is 3. The van der Waals surface area contributed by atoms with Crippen molar-refractivity contribution in [3.63, 3.8) is 0 Å². The summed E-state index contributed by atoms with van der Waals surface area (Å²) in [5.74, 6) is -0.209. The van der Waals surface area contributed by atoms with Gasteiger partial charge in [0.25, 0.3) is 0 Å². The first-order chi connectivity index (χ1) is 14.3. The molecule has 1 amide bonds. The number of aromatic nitrogens is 2. The number of carbonyl (C=O) groups is 1. The lowest BCUT2D eigenvalue weighted by Crippen LogP contribution is -2.46. The number of nitrogens with zero attached hydrogens (tertiary/aromatic N) is 4. The normalized spacial score (nSPS) is 15.9. The van der Waals surface area contributed by atoms with Crippen molar-refractivity contribution in [1.82, 2.24) is 19.4 Å². The highest BCUT2D eigenvalue weighted by molar-refractivity contribution is 5.95. The molecule has 5 nitrogen and oxygen atoms in total. The molecule has 0 radical (unpaired) electrons. The fourth-order valence-corrected chi connectivity index (χ4v) is 3.55. The van der Waals surface area contributed by atoms with Crippen LogP contribution in [0.25, 0.3) is 22.8 Å². The number of hydrogen-bond donors (Lipinski definition) is 0. The quantitative estimate of drug-likeness (QED) is 0.612. The lowest BCUT2D eigenvalue weighted by atomic mass is 10.1. The van der Waals surface area contributed by atoms with Crippen molar-refractivity contribution in [2.75, 3.05) is 33.2 Å². The Labute approximate surface area is 172 Å². The minimum atomic E-state index is -4.51. The molecule has 0 saturated carbocycles. The molecule has 1 aliphatic heterocycles. The largest absolute Gasteiger partial charge is 0.416 e. The van der Waals surface area contributed by atoms with Gasteiger partial charge in [-0.2, -0.15) is 13.2 Å². The van der Waals surface area contributed by atoms with E-state index in [9.17, 15) is 18.0 Å². The molecule has 30 heavy (non-hydrogen) atoms. The van der Waals surface area contributed by atoms with Crippen molar-refractivity contribution in [2.45, 2.75) is 6.18 Å². The third kappa shape index (κ3) is 4.09. The van der Waals surface area contributed by atoms with E-state index in [1.165, 1.54) is 18.5 Å². The van der Waals surface area contributed by atoms with E-state index in [1.807, 2.05) is 37.4 Å². The summed E-state index contributed by atoms with van der Waals surface area (Å²) in [4.78, 5) is 20.6. The Kier molecular flexibility index (Phi) is 5.34. The second-order valence-corrected chi connectivity index (χ2v) is 7.34. The van der Waals surface area contributed by atoms with E-state index < -0.39 is 11.7 Å². The molecule has 156 valence electrons. The van der Waals surface area contributed by atoms with E-state index >= 15 is 0 Å². The fourth-order valence-electron chi connectivity index (χ4n) is 3.55. The predicted octanol–water partition coefficient (Wildman–Crippen LogP) is 3.83. The number of carbonyl (C=O) groups excluding carboxylic acids is 1. The second-order valence-electron chi connectivity index (χ2n) is 7.34. The lowest BCUT2D eigenvalue weighted by molar-refractivity contribution is -0.137. The lowest BCUT2D eigenvalue weighted by Gasteiger charge is -2.31. The van der Waals surface area contributed by atoms with Crippen LogP contribution in [0.2, 0.25) is 0 Å². The van der Waals surface area contributed by atoms with Gasteiger partial charge in [0.2, 0.25) is 5.91 Å². The van der Waals surface area contributed by atoms with Crippen LogP contribution < -0.4 is 0 Å². The minimum Gasteiger partial charge on any atom is -0.337 e. The maximum absolute atomic E-state index is 13.4. The van der Waals surface area contributed by atoms with Crippen molar-refractivity contribution >= 4 is 23.0 Å². The Morgan fingerprint density at radius 1 is 1.07 bits per heavy atom. The van der Waals surface area contributed by atoms with Crippen LogP contribution in [0.15, 0.2) is 54.9 Å². The number of fused-ring (bicyclic) bond motifs is 1. The van der Waals surface area contributed by atoms with Crippen LogP contribution in [0, 0.1) is 0 Å². The highest BCUT2D eigenvalue weighted by Crippen LogP contribution is 2.34. The zero-order chi connectivity index (χ0) is 21.3. The maximum Gasteiger partial charge on any atom is 0.416 e. The summed E-state index contributed by atoms with van der Waals surface area (Å²) in [6.07, 6.45) is -0.198. The SMILES string of the molecule is CN1CCN(C(=O)C=Cc2cc(C(F)(F)F)cc3ncn(-c4ccccc4)c23)CC1. The number of piperazine rings is 1. The van der Waals surface area contributed by atoms with Crippen LogP contribution in [-0.2, 0) is 11.0 Å². The van der Waals surface area contributed by atoms with Gasteiger partial charge in [-0.15, -0.1) is 0 Å². The molecule has 2 aromatic carbocycles. The van der Waals surface area contributed by atoms with Crippen molar-refractivity contribution in [3.05, 3.63) is 66.0 Å². The molecule has 3 aromatic rings. The average Bonchev–Trinajstić information content (AvgIpc) is 3.16. The third-order valence-corrected chi connectivity index (χ3v) is 5.25. The predicted molar refractivity (Wildman–Crippen MR) is 109 cm³/mol. The van der Waals surface area contributed by atoms with E-state index in [0.29, 0.717) is 24.2 Å². The topological polar surface area (TPSA) is 41.4 Å². The molecule has 0 aliphatic carbocycles. The van der Waals surface area contributed by atoms with E-state index in [2.05, 4.69) is 9.88 Å². The van der Waals surface area contributed by atoms with Crippen LogP contribution in [0.3, 0.4) is 0 Å². The summed E-state index contributed by atoms with van der Waals surface area (Å²) in [6.45, 7) is 2.74. The Bertz CT molecular complexity index is 1080. The molecule has 1 aliphatic rings. The van der Waals surface area contributed by atoms with Crippen LogP contribution in [0.5, 0.6) is 0 Å². The monoisotopic (exact) mass is 414 g/mol. The van der Waals surface area contributed by atoms with Gasteiger partial charge in [0.1, 0.15) is 6.33 Å². The summed E-state index contributed by atoms with van der Waals surface area (Å²) < 4.78 is 42.0. The first-order valence-corrected chi connectivity index (χ1v) is 9.62. The first kappa shape index (κ1) is 20.2. The Morgan fingerprint density at radius 2 is 1.77 bits per heavy atom. The van der Waals surface area contributed by atoms with Gasteiger partial charge in [-0.1, -0.05) is 18.2 Å². The fraction of sp³-hybridized carbons (Fsp3) is 0.273. The first-order valence-electron chi connectivity index (χ1n) is 9.62. The molecular formula is C22H21F3N4O. The molecule has 2 heterocycles. The van der Waals surface area contributed by atoms with Gasteiger partial charge < -0.3 is 9.80 Å². The smallest absolute Gasteiger partial charge is 0.337 e. The molecule has 8 heteroatoms. The van der Waals surface area contributed by atoms with E-state index in [1.54, 1.807) is 9.47 Å². The molecule has 0 atom stereocenters. The van der Waals surface area contributed by atoms with Gasteiger partial charge in [0.05, 0.1) is 16.6 Å². The van der Waals surface area contributed by atoms with Crippen molar-refractivity contribution in [1.29, 1.82) is 0 Å². The number of likely N-dealkylation sites (N-methyl/N-ethyl adjacent to an activating group) is 1. The van der Waals surface area contributed by atoms with E-state index in [0.717, 1.165) is 30.9 Å². The minimum absolute atomic E-state index is 0.209. The van der Waals surface area contributed by atoms with Gasteiger partial charge in [-0.05, 0) is 37.4 Å². The van der Waals surface area contributed by atoms with Gasteiger partial charge in [0, 0.05) is 43.5 Å². The summed E-state index contributed by atoms with van der Waals surface area (Å²) in [7, 11) is 1.99. The van der Waals surface area contributed by atoms with Gasteiger partial charge in [0.15, 0.2) is 0 Å². The molecular weight excluding hydrogens is 393 g/mol. The van der Waals surface area contributed by atoms with E-state index in [4.69, 9.17) is 0 Å². The van der Waals surface area contributed by atoms with Crippen molar-refractivity contribution in [2.24, 2.45) is 0 Å². The summed E-state index contributed by atoms with van der Waals surface area (Å²) in [5.41, 5.74) is 1.03. The zero-order valence-electron chi connectivity index (χ0n) is 16.4. The van der Waals surface area contributed by atoms with Crippen LogP contribution in [0.4, 0.5) is 13.2 Å². The standard InChI is InChI=1S/C22H21F3N4O/c1-27-9-11-28(12-10-27)20(30)8-7-16-13-17(22(23,24)25)14-19-21(16)29(15-26-19)18-5-3-2-4-6-18/h2-8,13-15H,9-12H2,1H3. The number of halogens is 3. The van der Waals surface area contributed by atoms with Gasteiger partial charge in [-0.3, -0.25) is 9.36 Å². The van der Waals surface area contributed by atoms with Crippen molar-refractivity contribution in [3.8, 4) is 5.69 Å². The molecule has 0 spiro atoms. The van der Waals surface area contributed by atoms with Crippen LogP contribution in [-0.4, -0.2) is 58.5 Å². The number of benzene rings is 2. The van der Waals surface area contributed by atoms with Crippen molar-refractivity contribution < 1.29 is 18.0 Å². The summed E-state index contributed by atoms with van der Waals surface area (Å²) >= 11 is 0. The number of amides is 1. The Hall–Kier alpha value is -3.13. The van der Waals surface area contributed by atoms with E-state index in [-0.39, 0.29) is 11.4 Å². The molecule has 4 rings (SSSR count). The number of para-hydroxylation sites is 1. The molecule has 1 saturated heterocycles. The average molecular weight is 414 g/mol.